The SMILES string of the molecule is CO[C@@H]1C[C@H](C(=O)Nc2ccc(N3C(=O)N(C)CC3C)cc2F)N(C(=O)Nc2ccc(Cl)cc2)C1. The first-order chi connectivity index (χ1) is 16.7. The van der Waals surface area contributed by atoms with Crippen LogP contribution in [0.3, 0.4) is 0 Å². The molecule has 186 valence electrons. The summed E-state index contributed by atoms with van der Waals surface area (Å²) in [5.41, 5.74) is 0.898. The molecule has 0 aliphatic carbocycles. The number of urea groups is 2. The summed E-state index contributed by atoms with van der Waals surface area (Å²) in [6.45, 7) is 2.62. The predicted molar refractivity (Wildman–Crippen MR) is 131 cm³/mol. The maximum atomic E-state index is 14.9. The Morgan fingerprint density at radius 3 is 2.43 bits per heavy atom. The zero-order valence-corrected chi connectivity index (χ0v) is 20.4. The number of ether oxygens (including phenoxy) is 1. The van der Waals surface area contributed by atoms with Crippen molar-refractivity contribution >= 4 is 46.6 Å². The number of amides is 5. The molecule has 2 saturated heterocycles. The highest BCUT2D eigenvalue weighted by molar-refractivity contribution is 6.30. The van der Waals surface area contributed by atoms with Crippen LogP contribution in [0.4, 0.5) is 31.0 Å². The average Bonchev–Trinajstić information content (AvgIpc) is 3.37. The van der Waals surface area contributed by atoms with Gasteiger partial charge in [-0.25, -0.2) is 14.0 Å². The van der Waals surface area contributed by atoms with Gasteiger partial charge in [-0.2, -0.15) is 0 Å². The number of nitrogens with one attached hydrogen (secondary N) is 2. The largest absolute Gasteiger partial charge is 0.380 e. The van der Waals surface area contributed by atoms with E-state index in [0.29, 0.717) is 22.9 Å². The second kappa shape index (κ2) is 10.1. The van der Waals surface area contributed by atoms with Gasteiger partial charge < -0.3 is 25.2 Å². The molecule has 1 unspecified atom stereocenters. The summed E-state index contributed by atoms with van der Waals surface area (Å²) < 4.78 is 20.3. The highest BCUT2D eigenvalue weighted by Crippen LogP contribution is 2.29. The maximum absolute atomic E-state index is 14.9. The molecular formula is C24H27ClFN5O4. The topological polar surface area (TPSA) is 94.2 Å². The Labute approximate surface area is 207 Å². The van der Waals surface area contributed by atoms with Gasteiger partial charge in [0.2, 0.25) is 5.91 Å². The second-order valence-electron chi connectivity index (χ2n) is 8.73. The van der Waals surface area contributed by atoms with Crippen molar-refractivity contribution < 1.29 is 23.5 Å². The number of halogens is 2. The van der Waals surface area contributed by atoms with Crippen molar-refractivity contribution in [2.45, 2.75) is 31.5 Å². The van der Waals surface area contributed by atoms with Crippen LogP contribution >= 0.6 is 11.6 Å². The van der Waals surface area contributed by atoms with Crippen LogP contribution in [0, 0.1) is 5.82 Å². The fourth-order valence-corrected chi connectivity index (χ4v) is 4.56. The fraction of sp³-hybridized carbons (Fsp3) is 0.375. The molecule has 0 bridgehead atoms. The number of likely N-dealkylation sites (N-methyl/N-ethyl adjacent to an activating group) is 1. The van der Waals surface area contributed by atoms with E-state index >= 15 is 0 Å². The lowest BCUT2D eigenvalue weighted by Gasteiger charge is -2.24. The van der Waals surface area contributed by atoms with Crippen molar-refractivity contribution in [3.63, 3.8) is 0 Å². The van der Waals surface area contributed by atoms with Crippen molar-refractivity contribution in [1.29, 1.82) is 0 Å². The van der Waals surface area contributed by atoms with Gasteiger partial charge in [0.1, 0.15) is 11.9 Å². The molecule has 2 aromatic carbocycles. The Morgan fingerprint density at radius 1 is 1.11 bits per heavy atom. The van der Waals surface area contributed by atoms with Gasteiger partial charge in [-0.1, -0.05) is 11.6 Å². The van der Waals surface area contributed by atoms with E-state index in [1.807, 2.05) is 6.92 Å². The van der Waals surface area contributed by atoms with Crippen molar-refractivity contribution in [2.75, 3.05) is 42.8 Å². The van der Waals surface area contributed by atoms with Crippen LogP contribution in [0.5, 0.6) is 0 Å². The van der Waals surface area contributed by atoms with Crippen LogP contribution in [-0.2, 0) is 9.53 Å². The predicted octanol–water partition coefficient (Wildman–Crippen LogP) is 4.00. The maximum Gasteiger partial charge on any atom is 0.324 e. The van der Waals surface area contributed by atoms with E-state index in [1.165, 1.54) is 29.0 Å². The summed E-state index contributed by atoms with van der Waals surface area (Å²) in [5.74, 6) is -1.21. The summed E-state index contributed by atoms with van der Waals surface area (Å²) >= 11 is 5.89. The van der Waals surface area contributed by atoms with Crippen LogP contribution in [-0.4, -0.2) is 73.2 Å². The van der Waals surface area contributed by atoms with Gasteiger partial charge in [0.05, 0.1) is 17.8 Å². The van der Waals surface area contributed by atoms with Gasteiger partial charge in [-0.3, -0.25) is 9.69 Å². The average molecular weight is 504 g/mol. The molecule has 4 rings (SSSR count). The van der Waals surface area contributed by atoms with Gasteiger partial charge in [-0.05, 0) is 49.4 Å². The lowest BCUT2D eigenvalue weighted by atomic mass is 10.1. The quantitative estimate of drug-likeness (QED) is 0.645. The van der Waals surface area contributed by atoms with Crippen molar-refractivity contribution in [3.8, 4) is 0 Å². The van der Waals surface area contributed by atoms with Gasteiger partial charge in [0.15, 0.2) is 0 Å². The smallest absolute Gasteiger partial charge is 0.324 e. The van der Waals surface area contributed by atoms with Crippen LogP contribution in [0.2, 0.25) is 5.02 Å². The fourth-order valence-electron chi connectivity index (χ4n) is 4.43. The van der Waals surface area contributed by atoms with Gasteiger partial charge in [0, 0.05) is 50.1 Å². The Morgan fingerprint density at radius 2 is 1.83 bits per heavy atom. The van der Waals surface area contributed by atoms with Gasteiger partial charge >= 0.3 is 12.1 Å². The first kappa shape index (κ1) is 24.7. The van der Waals surface area contributed by atoms with E-state index in [4.69, 9.17) is 16.3 Å². The number of hydrogen-bond acceptors (Lipinski definition) is 4. The highest BCUT2D eigenvalue weighted by Gasteiger charge is 2.40. The van der Waals surface area contributed by atoms with Gasteiger partial charge in [-0.15, -0.1) is 0 Å². The van der Waals surface area contributed by atoms with Crippen LogP contribution in [0.1, 0.15) is 13.3 Å². The number of carbonyl (C=O) groups is 3. The number of anilines is 3. The molecule has 0 radical (unpaired) electrons. The second-order valence-corrected chi connectivity index (χ2v) is 9.17. The molecule has 0 aromatic heterocycles. The van der Waals surface area contributed by atoms with E-state index in [0.717, 1.165) is 0 Å². The number of rotatable bonds is 5. The summed E-state index contributed by atoms with van der Waals surface area (Å²) in [6, 6.07) is 9.16. The number of likely N-dealkylation sites (tertiary alicyclic amines) is 1. The number of carbonyl (C=O) groups excluding carboxylic acids is 3. The third-order valence-electron chi connectivity index (χ3n) is 6.26. The minimum absolute atomic E-state index is 0.0367. The monoisotopic (exact) mass is 503 g/mol. The zero-order valence-electron chi connectivity index (χ0n) is 19.6. The molecule has 2 aliphatic rings. The molecule has 3 atom stereocenters. The highest BCUT2D eigenvalue weighted by atomic mass is 35.5. The number of benzene rings is 2. The number of nitrogens with zero attached hydrogens (tertiary/aromatic N) is 3. The minimum atomic E-state index is -0.861. The van der Waals surface area contributed by atoms with E-state index in [-0.39, 0.29) is 36.8 Å². The van der Waals surface area contributed by atoms with E-state index in [2.05, 4.69) is 10.6 Å². The van der Waals surface area contributed by atoms with Gasteiger partial charge in [0.25, 0.3) is 0 Å². The normalized spacial score (nSPS) is 22.0. The molecule has 0 spiro atoms. The molecule has 0 saturated carbocycles. The van der Waals surface area contributed by atoms with E-state index in [1.54, 1.807) is 42.3 Å². The summed E-state index contributed by atoms with van der Waals surface area (Å²) in [7, 11) is 3.20. The number of hydrogen-bond donors (Lipinski definition) is 2. The van der Waals surface area contributed by atoms with Crippen molar-refractivity contribution in [1.82, 2.24) is 9.80 Å². The van der Waals surface area contributed by atoms with E-state index < -0.39 is 23.8 Å². The molecule has 2 aliphatic heterocycles. The zero-order chi connectivity index (χ0) is 25.3. The minimum Gasteiger partial charge on any atom is -0.380 e. The molecule has 2 aromatic rings. The summed E-state index contributed by atoms with van der Waals surface area (Å²) in [4.78, 5) is 42.8. The Kier molecular flexibility index (Phi) is 7.13. The molecule has 2 heterocycles. The molecular weight excluding hydrogens is 477 g/mol. The molecule has 11 heteroatoms. The molecule has 9 nitrogen and oxygen atoms in total. The molecule has 5 amide bonds. The third kappa shape index (κ3) is 5.18. The Hall–Kier alpha value is -3.37. The lowest BCUT2D eigenvalue weighted by molar-refractivity contribution is -0.119. The molecule has 2 fully saturated rings. The Bertz CT molecular complexity index is 1130. The Balaban J connectivity index is 1.47. The van der Waals surface area contributed by atoms with Crippen molar-refractivity contribution in [3.05, 3.63) is 53.3 Å². The first-order valence-corrected chi connectivity index (χ1v) is 11.6. The van der Waals surface area contributed by atoms with Crippen LogP contribution in [0.15, 0.2) is 42.5 Å². The summed E-state index contributed by atoms with van der Waals surface area (Å²) in [6.07, 6.45) is -0.0732. The summed E-state index contributed by atoms with van der Waals surface area (Å²) in [5, 5.41) is 5.86. The molecule has 35 heavy (non-hydrogen) atoms. The van der Waals surface area contributed by atoms with Crippen molar-refractivity contribution in [2.24, 2.45) is 0 Å². The lowest BCUT2D eigenvalue weighted by Crippen LogP contribution is -2.45. The molecule has 2 N–H and O–H groups in total. The van der Waals surface area contributed by atoms with E-state index in [9.17, 15) is 18.8 Å². The first-order valence-electron chi connectivity index (χ1n) is 11.2. The third-order valence-corrected chi connectivity index (χ3v) is 6.51. The number of methoxy groups -OCH3 is 1. The van der Waals surface area contributed by atoms with Crippen LogP contribution < -0.4 is 15.5 Å². The standard InChI is InChI=1S/C24H27ClFN5O4/c1-14-12-29(2)24(34)31(14)17-8-9-20(19(26)10-17)28-22(32)21-11-18(35-3)13-30(21)23(33)27-16-6-4-15(25)5-7-16/h4-10,14,18,21H,11-13H2,1-3H3,(H,27,33)(H,28,32)/t14?,18-,21-/m1/s1. The van der Waals surface area contributed by atoms with Crippen LogP contribution in [0.25, 0.3) is 0 Å².